The molecule has 0 saturated carbocycles. The third-order valence-corrected chi connectivity index (χ3v) is 3.11. The van der Waals surface area contributed by atoms with Gasteiger partial charge < -0.3 is 14.7 Å². The summed E-state index contributed by atoms with van der Waals surface area (Å²) in [5.41, 5.74) is 1.87. The molecule has 0 atom stereocenters. The Labute approximate surface area is 103 Å². The quantitative estimate of drug-likeness (QED) is 0.852. The van der Waals surface area contributed by atoms with Crippen molar-refractivity contribution in [1.82, 2.24) is 9.61 Å². The standard InChI is InChI=1S/C12H13N3O3/c16-12(17)10-7-13-15-8-9(1-2-11(10)15)14-3-5-18-6-4-14/h1-2,7-8H,3-6H2,(H,16,17). The van der Waals surface area contributed by atoms with Crippen molar-refractivity contribution in [3.8, 4) is 0 Å². The van der Waals surface area contributed by atoms with Gasteiger partial charge in [-0.05, 0) is 12.1 Å². The Kier molecular flexibility index (Phi) is 2.64. The van der Waals surface area contributed by atoms with Crippen molar-refractivity contribution in [2.75, 3.05) is 31.2 Å². The van der Waals surface area contributed by atoms with Crippen molar-refractivity contribution >= 4 is 17.2 Å². The third-order valence-electron chi connectivity index (χ3n) is 3.11. The molecule has 1 N–H and O–H groups in total. The molecular weight excluding hydrogens is 234 g/mol. The summed E-state index contributed by atoms with van der Waals surface area (Å²) in [6.07, 6.45) is 3.23. The summed E-state index contributed by atoms with van der Waals surface area (Å²) in [7, 11) is 0. The van der Waals surface area contributed by atoms with Crippen LogP contribution in [0.3, 0.4) is 0 Å². The maximum absolute atomic E-state index is 11.0. The van der Waals surface area contributed by atoms with Crippen LogP contribution in [-0.4, -0.2) is 47.0 Å². The highest BCUT2D eigenvalue weighted by Gasteiger charge is 2.14. The number of aromatic carboxylic acids is 1. The monoisotopic (exact) mass is 247 g/mol. The van der Waals surface area contributed by atoms with Crippen LogP contribution in [0.2, 0.25) is 0 Å². The number of morpholine rings is 1. The number of anilines is 1. The summed E-state index contributed by atoms with van der Waals surface area (Å²) >= 11 is 0. The largest absolute Gasteiger partial charge is 0.478 e. The number of hydrogen-bond donors (Lipinski definition) is 1. The number of carboxylic acid groups (broad SMARTS) is 1. The van der Waals surface area contributed by atoms with E-state index in [9.17, 15) is 4.79 Å². The Bertz CT molecular complexity index is 587. The van der Waals surface area contributed by atoms with Gasteiger partial charge in [0.1, 0.15) is 5.56 Å². The van der Waals surface area contributed by atoms with Crippen molar-refractivity contribution in [3.63, 3.8) is 0 Å². The first-order chi connectivity index (χ1) is 8.75. The molecule has 0 spiro atoms. The molecule has 94 valence electrons. The minimum absolute atomic E-state index is 0.225. The Balaban J connectivity index is 1.98. The molecule has 1 aliphatic rings. The molecule has 18 heavy (non-hydrogen) atoms. The Morgan fingerprint density at radius 1 is 1.33 bits per heavy atom. The van der Waals surface area contributed by atoms with E-state index < -0.39 is 5.97 Å². The number of ether oxygens (including phenoxy) is 1. The highest BCUT2D eigenvalue weighted by atomic mass is 16.5. The highest BCUT2D eigenvalue weighted by molar-refractivity contribution is 5.95. The summed E-state index contributed by atoms with van der Waals surface area (Å²) in [5, 5.41) is 13.1. The van der Waals surface area contributed by atoms with E-state index >= 15 is 0 Å². The van der Waals surface area contributed by atoms with E-state index in [4.69, 9.17) is 9.84 Å². The van der Waals surface area contributed by atoms with Gasteiger partial charge in [-0.15, -0.1) is 0 Å². The fourth-order valence-electron chi connectivity index (χ4n) is 2.15. The molecule has 1 aliphatic heterocycles. The number of pyridine rings is 1. The first-order valence-corrected chi connectivity index (χ1v) is 5.79. The second-order valence-corrected chi connectivity index (χ2v) is 4.18. The molecule has 1 fully saturated rings. The van der Waals surface area contributed by atoms with Crippen LogP contribution in [0.5, 0.6) is 0 Å². The summed E-state index contributed by atoms with van der Waals surface area (Å²) in [6.45, 7) is 3.13. The minimum atomic E-state index is -0.955. The van der Waals surface area contributed by atoms with Gasteiger partial charge in [0.2, 0.25) is 0 Å². The van der Waals surface area contributed by atoms with Gasteiger partial charge in [0.25, 0.3) is 0 Å². The van der Waals surface area contributed by atoms with E-state index in [2.05, 4.69) is 10.00 Å². The Morgan fingerprint density at radius 3 is 2.83 bits per heavy atom. The van der Waals surface area contributed by atoms with Crippen LogP contribution in [0.15, 0.2) is 24.5 Å². The van der Waals surface area contributed by atoms with E-state index in [1.54, 1.807) is 10.6 Å². The number of nitrogens with zero attached hydrogens (tertiary/aromatic N) is 3. The number of hydrogen-bond acceptors (Lipinski definition) is 4. The first kappa shape index (κ1) is 11.0. The maximum atomic E-state index is 11.0. The van der Waals surface area contributed by atoms with Gasteiger partial charge in [0.15, 0.2) is 0 Å². The molecule has 3 heterocycles. The summed E-state index contributed by atoms with van der Waals surface area (Å²) in [5.74, 6) is -0.955. The van der Waals surface area contributed by atoms with Crippen LogP contribution in [0.1, 0.15) is 10.4 Å². The third kappa shape index (κ3) is 1.80. The lowest BCUT2D eigenvalue weighted by Gasteiger charge is -2.28. The number of carboxylic acids is 1. The average molecular weight is 247 g/mol. The lowest BCUT2D eigenvalue weighted by atomic mass is 10.2. The second kappa shape index (κ2) is 4.30. The Morgan fingerprint density at radius 2 is 2.11 bits per heavy atom. The molecule has 0 aliphatic carbocycles. The van der Waals surface area contributed by atoms with E-state index in [0.717, 1.165) is 32.0 Å². The van der Waals surface area contributed by atoms with Crippen LogP contribution in [0.4, 0.5) is 5.69 Å². The van der Waals surface area contributed by atoms with Crippen LogP contribution >= 0.6 is 0 Å². The van der Waals surface area contributed by atoms with Crippen molar-refractivity contribution < 1.29 is 14.6 Å². The van der Waals surface area contributed by atoms with Crippen LogP contribution < -0.4 is 4.90 Å². The van der Waals surface area contributed by atoms with Gasteiger partial charge >= 0.3 is 5.97 Å². The zero-order chi connectivity index (χ0) is 12.5. The maximum Gasteiger partial charge on any atom is 0.339 e. The molecule has 0 amide bonds. The van der Waals surface area contributed by atoms with Crippen molar-refractivity contribution in [1.29, 1.82) is 0 Å². The average Bonchev–Trinajstić information content (AvgIpc) is 2.82. The van der Waals surface area contributed by atoms with Crippen LogP contribution in [0, 0.1) is 0 Å². The Hall–Kier alpha value is -2.08. The number of rotatable bonds is 2. The van der Waals surface area contributed by atoms with E-state index in [1.165, 1.54) is 6.20 Å². The van der Waals surface area contributed by atoms with Gasteiger partial charge in [-0.1, -0.05) is 0 Å². The number of carbonyl (C=O) groups is 1. The smallest absolute Gasteiger partial charge is 0.339 e. The predicted molar refractivity (Wildman–Crippen MR) is 65.2 cm³/mol. The lowest BCUT2D eigenvalue weighted by Crippen LogP contribution is -2.36. The van der Waals surface area contributed by atoms with E-state index in [-0.39, 0.29) is 5.56 Å². The SMILES string of the molecule is O=C(O)c1cnn2cc(N3CCOCC3)ccc12. The zero-order valence-corrected chi connectivity index (χ0v) is 9.74. The predicted octanol–water partition coefficient (Wildman–Crippen LogP) is 0.869. The molecule has 1 saturated heterocycles. The molecule has 0 bridgehead atoms. The van der Waals surface area contributed by atoms with E-state index in [0.29, 0.717) is 5.52 Å². The normalized spacial score (nSPS) is 16.1. The molecule has 2 aromatic heterocycles. The fourth-order valence-corrected chi connectivity index (χ4v) is 2.15. The van der Waals surface area contributed by atoms with Crippen molar-refractivity contribution in [2.24, 2.45) is 0 Å². The summed E-state index contributed by atoms with van der Waals surface area (Å²) < 4.78 is 6.91. The minimum Gasteiger partial charge on any atom is -0.478 e. The molecule has 0 aromatic carbocycles. The van der Waals surface area contributed by atoms with Crippen LogP contribution in [0.25, 0.3) is 5.52 Å². The molecule has 0 unspecified atom stereocenters. The molecule has 6 heteroatoms. The van der Waals surface area contributed by atoms with Gasteiger partial charge in [-0.3, -0.25) is 0 Å². The van der Waals surface area contributed by atoms with Crippen molar-refractivity contribution in [3.05, 3.63) is 30.1 Å². The number of fused-ring (bicyclic) bond motifs is 1. The highest BCUT2D eigenvalue weighted by Crippen LogP contribution is 2.19. The van der Waals surface area contributed by atoms with Crippen LogP contribution in [-0.2, 0) is 4.74 Å². The molecule has 6 nitrogen and oxygen atoms in total. The van der Waals surface area contributed by atoms with Gasteiger partial charge in [0.05, 0.1) is 36.8 Å². The lowest BCUT2D eigenvalue weighted by molar-refractivity contribution is 0.0699. The van der Waals surface area contributed by atoms with Gasteiger partial charge in [-0.2, -0.15) is 5.10 Å². The van der Waals surface area contributed by atoms with Gasteiger partial charge in [-0.25, -0.2) is 9.31 Å². The molecular formula is C12H13N3O3. The topological polar surface area (TPSA) is 67.1 Å². The number of aromatic nitrogens is 2. The first-order valence-electron chi connectivity index (χ1n) is 5.79. The summed E-state index contributed by atoms with van der Waals surface area (Å²) in [6, 6.07) is 3.72. The second-order valence-electron chi connectivity index (χ2n) is 4.18. The fraction of sp³-hybridized carbons (Fsp3) is 0.333. The van der Waals surface area contributed by atoms with Gasteiger partial charge in [0, 0.05) is 13.1 Å². The zero-order valence-electron chi connectivity index (χ0n) is 9.74. The van der Waals surface area contributed by atoms with E-state index in [1.807, 2.05) is 12.3 Å². The molecule has 0 radical (unpaired) electrons. The van der Waals surface area contributed by atoms with Crippen molar-refractivity contribution in [2.45, 2.75) is 0 Å². The summed E-state index contributed by atoms with van der Waals surface area (Å²) in [4.78, 5) is 13.2. The molecule has 2 aromatic rings. The molecule has 3 rings (SSSR count).